The van der Waals surface area contributed by atoms with Crippen molar-refractivity contribution in [3.63, 3.8) is 0 Å². The zero-order chi connectivity index (χ0) is 5.98. The Labute approximate surface area is 61.3 Å². The molecule has 1 rings (SSSR count). The highest BCUT2D eigenvalue weighted by Crippen LogP contribution is 1.95. The van der Waals surface area contributed by atoms with Crippen molar-refractivity contribution in [2.75, 3.05) is 0 Å². The van der Waals surface area contributed by atoms with Gasteiger partial charge in [-0.15, -0.1) is 0 Å². The van der Waals surface area contributed by atoms with Gasteiger partial charge in [0.2, 0.25) is 0 Å². The minimum Gasteiger partial charge on any atom is -0.242 e. The lowest BCUT2D eigenvalue weighted by Crippen LogP contribution is -1.97. The molecule has 0 fully saturated rings. The fourth-order valence-corrected chi connectivity index (χ4v) is 1.05. The second kappa shape index (κ2) is 2.43. The standard InChI is InChI=1S/C4H6IN3/c1-2-8-4(5)6-3-7-8/h3H,2H2,1H3. The summed E-state index contributed by atoms with van der Waals surface area (Å²) in [7, 11) is 0. The molecule has 0 bridgehead atoms. The number of aryl methyl sites for hydroxylation is 1. The topological polar surface area (TPSA) is 30.7 Å². The van der Waals surface area contributed by atoms with E-state index in [4.69, 9.17) is 0 Å². The van der Waals surface area contributed by atoms with Gasteiger partial charge in [0.25, 0.3) is 0 Å². The molecule has 0 aliphatic heterocycles. The van der Waals surface area contributed by atoms with Gasteiger partial charge in [0.1, 0.15) is 6.33 Å². The number of hydrogen-bond acceptors (Lipinski definition) is 2. The molecule has 44 valence electrons. The molecule has 0 spiro atoms. The molecule has 0 N–H and O–H groups in total. The third-order valence-corrected chi connectivity index (χ3v) is 1.70. The molecule has 1 heterocycles. The van der Waals surface area contributed by atoms with Crippen LogP contribution in [0.15, 0.2) is 6.33 Å². The van der Waals surface area contributed by atoms with E-state index in [0.29, 0.717) is 0 Å². The highest BCUT2D eigenvalue weighted by atomic mass is 127. The Hall–Kier alpha value is -0.130. The molecule has 1 aromatic rings. The van der Waals surface area contributed by atoms with Crippen molar-refractivity contribution in [2.24, 2.45) is 0 Å². The maximum atomic E-state index is 3.93. The van der Waals surface area contributed by atoms with Crippen LogP contribution in [0.5, 0.6) is 0 Å². The third-order valence-electron chi connectivity index (χ3n) is 0.868. The predicted octanol–water partition coefficient (Wildman–Crippen LogP) is 0.903. The average molecular weight is 223 g/mol. The Kier molecular flexibility index (Phi) is 1.82. The number of aromatic nitrogens is 3. The average Bonchev–Trinajstić information content (AvgIpc) is 2.14. The third kappa shape index (κ3) is 0.988. The van der Waals surface area contributed by atoms with Gasteiger partial charge in [-0.05, 0) is 6.92 Å². The molecular formula is C4H6IN3. The number of halogens is 1. The van der Waals surface area contributed by atoms with Crippen molar-refractivity contribution in [3.8, 4) is 0 Å². The van der Waals surface area contributed by atoms with Gasteiger partial charge in [-0.2, -0.15) is 5.10 Å². The summed E-state index contributed by atoms with van der Waals surface area (Å²) in [6, 6.07) is 0. The SMILES string of the molecule is CCn1ncnc1I. The molecule has 0 unspecified atom stereocenters. The first-order valence-electron chi connectivity index (χ1n) is 2.38. The van der Waals surface area contributed by atoms with Crippen LogP contribution >= 0.6 is 22.6 Å². The van der Waals surface area contributed by atoms with Gasteiger partial charge >= 0.3 is 0 Å². The predicted molar refractivity (Wildman–Crippen MR) is 38.4 cm³/mol. The van der Waals surface area contributed by atoms with Crippen LogP contribution in [0, 0.1) is 3.83 Å². The van der Waals surface area contributed by atoms with Gasteiger partial charge < -0.3 is 0 Å². The van der Waals surface area contributed by atoms with Crippen molar-refractivity contribution in [3.05, 3.63) is 10.2 Å². The van der Waals surface area contributed by atoms with Crippen molar-refractivity contribution < 1.29 is 0 Å². The van der Waals surface area contributed by atoms with Crippen LogP contribution in [0.3, 0.4) is 0 Å². The molecule has 4 heteroatoms. The van der Waals surface area contributed by atoms with Gasteiger partial charge in [0.05, 0.1) is 0 Å². The summed E-state index contributed by atoms with van der Waals surface area (Å²) in [5, 5.41) is 3.93. The second-order valence-electron chi connectivity index (χ2n) is 1.34. The largest absolute Gasteiger partial charge is 0.242 e. The van der Waals surface area contributed by atoms with E-state index >= 15 is 0 Å². The summed E-state index contributed by atoms with van der Waals surface area (Å²) >= 11 is 2.14. The quantitative estimate of drug-likeness (QED) is 0.662. The van der Waals surface area contributed by atoms with Gasteiger partial charge in [-0.25, -0.2) is 9.67 Å². The molecular weight excluding hydrogens is 217 g/mol. The van der Waals surface area contributed by atoms with Crippen LogP contribution in [-0.4, -0.2) is 14.8 Å². The van der Waals surface area contributed by atoms with Gasteiger partial charge in [0.15, 0.2) is 3.83 Å². The summed E-state index contributed by atoms with van der Waals surface area (Å²) in [6.45, 7) is 2.94. The normalized spacial score (nSPS) is 9.75. The fraction of sp³-hybridized carbons (Fsp3) is 0.500. The van der Waals surface area contributed by atoms with E-state index in [1.54, 1.807) is 6.33 Å². The van der Waals surface area contributed by atoms with Gasteiger partial charge in [0, 0.05) is 29.1 Å². The van der Waals surface area contributed by atoms with Crippen LogP contribution in [0.4, 0.5) is 0 Å². The highest BCUT2D eigenvalue weighted by molar-refractivity contribution is 14.1. The van der Waals surface area contributed by atoms with Crippen LogP contribution in [0.2, 0.25) is 0 Å². The number of rotatable bonds is 1. The summed E-state index contributed by atoms with van der Waals surface area (Å²) in [5.74, 6) is 0. The van der Waals surface area contributed by atoms with Crippen LogP contribution in [-0.2, 0) is 6.54 Å². The van der Waals surface area contributed by atoms with E-state index in [-0.39, 0.29) is 0 Å². The van der Waals surface area contributed by atoms with Gasteiger partial charge in [-0.3, -0.25) is 0 Å². The molecule has 0 radical (unpaired) electrons. The van der Waals surface area contributed by atoms with Crippen molar-refractivity contribution in [1.29, 1.82) is 0 Å². The van der Waals surface area contributed by atoms with E-state index in [2.05, 4.69) is 32.7 Å². The summed E-state index contributed by atoms with van der Waals surface area (Å²) in [6.07, 6.45) is 1.56. The number of nitrogens with zero attached hydrogens (tertiary/aromatic N) is 3. The molecule has 8 heavy (non-hydrogen) atoms. The highest BCUT2D eigenvalue weighted by Gasteiger charge is 1.92. The summed E-state index contributed by atoms with van der Waals surface area (Å²) < 4.78 is 2.78. The molecule has 0 saturated heterocycles. The molecule has 0 aliphatic carbocycles. The van der Waals surface area contributed by atoms with Gasteiger partial charge in [-0.1, -0.05) is 0 Å². The van der Waals surface area contributed by atoms with E-state index in [1.807, 2.05) is 11.6 Å². The zero-order valence-corrected chi connectivity index (χ0v) is 6.66. The van der Waals surface area contributed by atoms with Crippen LogP contribution in [0.25, 0.3) is 0 Å². The Bertz CT molecular complexity index is 172. The van der Waals surface area contributed by atoms with E-state index in [1.165, 1.54) is 0 Å². The Morgan fingerprint density at radius 1 is 1.88 bits per heavy atom. The maximum Gasteiger partial charge on any atom is 0.189 e. The monoisotopic (exact) mass is 223 g/mol. The minimum absolute atomic E-state index is 0.901. The number of hydrogen-bond donors (Lipinski definition) is 0. The van der Waals surface area contributed by atoms with E-state index in [9.17, 15) is 0 Å². The minimum atomic E-state index is 0.901. The fourth-order valence-electron chi connectivity index (χ4n) is 0.462. The van der Waals surface area contributed by atoms with Crippen molar-refractivity contribution in [2.45, 2.75) is 13.5 Å². The first-order chi connectivity index (χ1) is 3.84. The van der Waals surface area contributed by atoms with E-state index in [0.717, 1.165) is 10.4 Å². The molecule has 3 nitrogen and oxygen atoms in total. The summed E-state index contributed by atoms with van der Waals surface area (Å²) in [5.41, 5.74) is 0. The first kappa shape index (κ1) is 6.00. The lowest BCUT2D eigenvalue weighted by molar-refractivity contribution is 0.640. The van der Waals surface area contributed by atoms with Crippen molar-refractivity contribution >= 4 is 22.6 Å². The smallest absolute Gasteiger partial charge is 0.189 e. The molecule has 0 aliphatic rings. The first-order valence-corrected chi connectivity index (χ1v) is 3.45. The molecule has 0 amide bonds. The maximum absolute atomic E-state index is 3.93. The zero-order valence-electron chi connectivity index (χ0n) is 4.50. The second-order valence-corrected chi connectivity index (χ2v) is 2.31. The van der Waals surface area contributed by atoms with Crippen LogP contribution in [0.1, 0.15) is 6.92 Å². The van der Waals surface area contributed by atoms with E-state index < -0.39 is 0 Å². The Morgan fingerprint density at radius 3 is 2.88 bits per heavy atom. The lowest BCUT2D eigenvalue weighted by Gasteiger charge is -1.91. The van der Waals surface area contributed by atoms with Crippen LogP contribution < -0.4 is 0 Å². The Balaban J connectivity index is 2.92. The molecule has 0 aromatic carbocycles. The molecule has 0 saturated carbocycles. The lowest BCUT2D eigenvalue weighted by atomic mass is 10.8. The summed E-state index contributed by atoms with van der Waals surface area (Å²) in [4.78, 5) is 3.93. The Morgan fingerprint density at radius 2 is 2.62 bits per heavy atom. The molecule has 0 atom stereocenters. The van der Waals surface area contributed by atoms with Crippen molar-refractivity contribution in [1.82, 2.24) is 14.8 Å². The molecule has 1 aromatic heterocycles.